The molecule has 19 heavy (non-hydrogen) atoms. The molecule has 1 nitrogen and oxygen atoms in total. The minimum Gasteiger partial charge on any atom is -0.381 e. The number of benzene rings is 2. The van der Waals surface area contributed by atoms with Crippen LogP contribution in [-0.4, -0.2) is 0 Å². The first-order valence-electron chi connectivity index (χ1n) is 6.34. The largest absolute Gasteiger partial charge is 0.381 e. The second kappa shape index (κ2) is 6.31. The fourth-order valence-electron chi connectivity index (χ4n) is 1.86. The predicted molar refractivity (Wildman–Crippen MR) is 84.3 cm³/mol. The van der Waals surface area contributed by atoms with Crippen molar-refractivity contribution in [2.45, 2.75) is 26.3 Å². The maximum Gasteiger partial charge on any atom is 0.0456 e. The van der Waals surface area contributed by atoms with Crippen molar-refractivity contribution in [2.24, 2.45) is 0 Å². The molecule has 0 aliphatic heterocycles. The van der Waals surface area contributed by atoms with Crippen molar-refractivity contribution in [1.29, 1.82) is 0 Å². The smallest absolute Gasteiger partial charge is 0.0456 e. The molecule has 0 bridgehead atoms. The number of anilines is 1. The second-order valence-electron chi connectivity index (χ2n) is 4.87. The van der Waals surface area contributed by atoms with Gasteiger partial charge in [0.1, 0.15) is 0 Å². The Labute approximate surface area is 124 Å². The van der Waals surface area contributed by atoms with Gasteiger partial charge in [-0.3, -0.25) is 0 Å². The molecule has 0 aliphatic rings. The zero-order chi connectivity index (χ0) is 13.8. The Kier molecular flexibility index (Phi) is 4.73. The SMILES string of the molecule is CC(C)c1ccc(NCc2cc(Cl)ccc2Cl)cc1. The van der Waals surface area contributed by atoms with Gasteiger partial charge in [-0.2, -0.15) is 0 Å². The topological polar surface area (TPSA) is 12.0 Å². The van der Waals surface area contributed by atoms with Crippen LogP contribution in [0.5, 0.6) is 0 Å². The Hall–Kier alpha value is -1.18. The molecule has 2 aromatic rings. The van der Waals surface area contributed by atoms with E-state index in [1.54, 1.807) is 6.07 Å². The van der Waals surface area contributed by atoms with Crippen molar-refractivity contribution in [3.63, 3.8) is 0 Å². The van der Waals surface area contributed by atoms with Crippen molar-refractivity contribution < 1.29 is 0 Å². The normalized spacial score (nSPS) is 10.8. The molecular formula is C16H17Cl2N. The van der Waals surface area contributed by atoms with Crippen LogP contribution in [0.4, 0.5) is 5.69 Å². The molecule has 0 heterocycles. The summed E-state index contributed by atoms with van der Waals surface area (Å²) >= 11 is 12.1. The van der Waals surface area contributed by atoms with Gasteiger partial charge in [0.05, 0.1) is 0 Å². The first-order chi connectivity index (χ1) is 9.06. The summed E-state index contributed by atoms with van der Waals surface area (Å²) in [7, 11) is 0. The van der Waals surface area contributed by atoms with Gasteiger partial charge in [0.15, 0.2) is 0 Å². The summed E-state index contributed by atoms with van der Waals surface area (Å²) in [5.41, 5.74) is 3.42. The van der Waals surface area contributed by atoms with E-state index in [1.807, 2.05) is 12.1 Å². The maximum absolute atomic E-state index is 6.13. The molecule has 0 saturated carbocycles. The van der Waals surface area contributed by atoms with Crippen LogP contribution in [0.15, 0.2) is 42.5 Å². The van der Waals surface area contributed by atoms with E-state index in [4.69, 9.17) is 23.2 Å². The minimum atomic E-state index is 0.552. The maximum atomic E-state index is 6.13. The first-order valence-corrected chi connectivity index (χ1v) is 7.09. The van der Waals surface area contributed by atoms with Gasteiger partial charge in [0.2, 0.25) is 0 Å². The fourth-order valence-corrected chi connectivity index (χ4v) is 2.24. The van der Waals surface area contributed by atoms with E-state index in [1.165, 1.54) is 5.56 Å². The number of hydrogen-bond donors (Lipinski definition) is 1. The van der Waals surface area contributed by atoms with Crippen LogP contribution in [0.2, 0.25) is 10.0 Å². The van der Waals surface area contributed by atoms with Crippen LogP contribution in [0, 0.1) is 0 Å². The predicted octanol–water partition coefficient (Wildman–Crippen LogP) is 5.73. The lowest BCUT2D eigenvalue weighted by molar-refractivity contribution is 0.867. The Morgan fingerprint density at radius 2 is 1.68 bits per heavy atom. The Morgan fingerprint density at radius 3 is 2.32 bits per heavy atom. The Morgan fingerprint density at radius 1 is 1.00 bits per heavy atom. The molecule has 0 aromatic heterocycles. The third kappa shape index (κ3) is 3.89. The molecule has 0 radical (unpaired) electrons. The average molecular weight is 294 g/mol. The average Bonchev–Trinajstić information content (AvgIpc) is 2.40. The van der Waals surface area contributed by atoms with Crippen LogP contribution in [0.1, 0.15) is 30.9 Å². The van der Waals surface area contributed by atoms with E-state index in [-0.39, 0.29) is 0 Å². The molecule has 2 rings (SSSR count). The van der Waals surface area contributed by atoms with Gasteiger partial charge in [-0.05, 0) is 47.4 Å². The lowest BCUT2D eigenvalue weighted by Gasteiger charge is -2.10. The zero-order valence-electron chi connectivity index (χ0n) is 11.1. The molecule has 0 fully saturated rings. The van der Waals surface area contributed by atoms with Crippen LogP contribution in [0.3, 0.4) is 0 Å². The van der Waals surface area contributed by atoms with Crippen molar-refractivity contribution in [2.75, 3.05) is 5.32 Å². The summed E-state index contributed by atoms with van der Waals surface area (Å²) in [5.74, 6) is 0.552. The molecule has 0 unspecified atom stereocenters. The molecule has 0 aliphatic carbocycles. The van der Waals surface area contributed by atoms with Crippen LogP contribution < -0.4 is 5.32 Å². The molecule has 0 saturated heterocycles. The minimum absolute atomic E-state index is 0.552. The lowest BCUT2D eigenvalue weighted by atomic mass is 10.0. The summed E-state index contributed by atoms with van der Waals surface area (Å²) in [5, 5.41) is 4.79. The number of rotatable bonds is 4. The molecule has 100 valence electrons. The number of halogens is 2. The van der Waals surface area contributed by atoms with Gasteiger partial charge in [0.25, 0.3) is 0 Å². The Bertz CT molecular complexity index is 547. The zero-order valence-corrected chi connectivity index (χ0v) is 12.6. The van der Waals surface area contributed by atoms with Crippen molar-refractivity contribution in [3.8, 4) is 0 Å². The number of hydrogen-bond acceptors (Lipinski definition) is 1. The molecule has 2 aromatic carbocycles. The van der Waals surface area contributed by atoms with Gasteiger partial charge in [-0.1, -0.05) is 49.2 Å². The van der Waals surface area contributed by atoms with Gasteiger partial charge >= 0.3 is 0 Å². The molecule has 0 spiro atoms. The van der Waals surface area contributed by atoms with E-state index < -0.39 is 0 Å². The number of nitrogens with one attached hydrogen (secondary N) is 1. The summed E-state index contributed by atoms with van der Waals surface area (Å²) < 4.78 is 0. The highest BCUT2D eigenvalue weighted by Crippen LogP contribution is 2.22. The van der Waals surface area contributed by atoms with E-state index >= 15 is 0 Å². The van der Waals surface area contributed by atoms with Crippen molar-refractivity contribution >= 4 is 28.9 Å². The van der Waals surface area contributed by atoms with Gasteiger partial charge in [-0.15, -0.1) is 0 Å². The third-order valence-corrected chi connectivity index (χ3v) is 3.67. The molecule has 0 atom stereocenters. The van der Waals surface area contributed by atoms with Gasteiger partial charge < -0.3 is 5.32 Å². The highest BCUT2D eigenvalue weighted by atomic mass is 35.5. The summed E-state index contributed by atoms with van der Waals surface area (Å²) in [4.78, 5) is 0. The standard InChI is InChI=1S/C16H17Cl2N/c1-11(2)12-3-6-15(7-4-12)19-10-13-9-14(17)5-8-16(13)18/h3-9,11,19H,10H2,1-2H3. The molecular weight excluding hydrogens is 277 g/mol. The van der Waals surface area contributed by atoms with Gasteiger partial charge in [-0.25, -0.2) is 0 Å². The quantitative estimate of drug-likeness (QED) is 0.759. The third-order valence-electron chi connectivity index (χ3n) is 3.07. The van der Waals surface area contributed by atoms with E-state index in [9.17, 15) is 0 Å². The summed E-state index contributed by atoms with van der Waals surface area (Å²) in [6.07, 6.45) is 0. The van der Waals surface area contributed by atoms with Crippen molar-refractivity contribution in [1.82, 2.24) is 0 Å². The second-order valence-corrected chi connectivity index (χ2v) is 5.71. The molecule has 1 N–H and O–H groups in total. The molecule has 0 amide bonds. The highest BCUT2D eigenvalue weighted by molar-refractivity contribution is 6.33. The lowest BCUT2D eigenvalue weighted by Crippen LogP contribution is -2.00. The van der Waals surface area contributed by atoms with E-state index in [0.29, 0.717) is 17.5 Å². The summed E-state index contributed by atoms with van der Waals surface area (Å²) in [6, 6.07) is 14.0. The van der Waals surface area contributed by atoms with Crippen LogP contribution in [0.25, 0.3) is 0 Å². The van der Waals surface area contributed by atoms with E-state index in [0.717, 1.165) is 16.3 Å². The Balaban J connectivity index is 2.04. The summed E-state index contributed by atoms with van der Waals surface area (Å²) in [6.45, 7) is 5.04. The molecule has 3 heteroatoms. The van der Waals surface area contributed by atoms with Crippen LogP contribution in [-0.2, 0) is 6.54 Å². The van der Waals surface area contributed by atoms with Gasteiger partial charge in [0, 0.05) is 22.3 Å². The van der Waals surface area contributed by atoms with Crippen LogP contribution >= 0.6 is 23.2 Å². The monoisotopic (exact) mass is 293 g/mol. The van der Waals surface area contributed by atoms with E-state index in [2.05, 4.69) is 43.4 Å². The fraction of sp³-hybridized carbons (Fsp3) is 0.250. The van der Waals surface area contributed by atoms with Crippen molar-refractivity contribution in [3.05, 3.63) is 63.6 Å². The highest BCUT2D eigenvalue weighted by Gasteiger charge is 2.02. The first kappa shape index (κ1) is 14.2.